The fourth-order valence-electron chi connectivity index (χ4n) is 6.41. The highest BCUT2D eigenvalue weighted by Crippen LogP contribution is 2.38. The van der Waals surface area contributed by atoms with Gasteiger partial charge in [0.15, 0.2) is 0 Å². The molecule has 1 aliphatic rings. The number of thiophene rings is 1. The minimum Gasteiger partial charge on any atom is -0.487 e. The molecule has 6 rings (SSSR count). The molecule has 1 aliphatic heterocycles. The molecular weight excluding hydrogens is 600 g/mol. The number of aromatic nitrogens is 4. The van der Waals surface area contributed by atoms with Crippen molar-refractivity contribution in [1.29, 1.82) is 0 Å². The van der Waals surface area contributed by atoms with Gasteiger partial charge >= 0.3 is 5.97 Å². The molecule has 0 unspecified atom stereocenters. The Morgan fingerprint density at radius 3 is 2.83 bits per heavy atom. The number of H-pyrrole nitrogens is 1. The lowest BCUT2D eigenvalue weighted by Gasteiger charge is -2.25. The fraction of sp³-hybridized carbons (Fsp3) is 0.429. The Labute approximate surface area is 272 Å². The summed E-state index contributed by atoms with van der Waals surface area (Å²) in [6.45, 7) is 9.95. The number of pyridine rings is 1. The molecule has 0 saturated heterocycles. The van der Waals surface area contributed by atoms with Gasteiger partial charge < -0.3 is 19.4 Å². The Hall–Kier alpha value is -4.06. The number of nitrogens with one attached hydrogen (secondary N) is 1. The fourth-order valence-corrected chi connectivity index (χ4v) is 7.30. The Balaban J connectivity index is 1.40. The van der Waals surface area contributed by atoms with Crippen LogP contribution in [0.3, 0.4) is 0 Å². The number of nitrogens with zero attached hydrogens (tertiary/aromatic N) is 5. The van der Waals surface area contributed by atoms with Crippen molar-refractivity contribution in [2.75, 3.05) is 33.8 Å². The second kappa shape index (κ2) is 13.7. The van der Waals surface area contributed by atoms with Crippen LogP contribution >= 0.6 is 11.3 Å². The molecule has 10 nitrogen and oxygen atoms in total. The summed E-state index contributed by atoms with van der Waals surface area (Å²) in [6.07, 6.45) is 1.08. The molecule has 46 heavy (non-hydrogen) atoms. The van der Waals surface area contributed by atoms with Crippen molar-refractivity contribution in [3.63, 3.8) is 0 Å². The van der Waals surface area contributed by atoms with Crippen LogP contribution in [-0.2, 0) is 29.2 Å². The van der Waals surface area contributed by atoms with Crippen molar-refractivity contribution in [2.24, 2.45) is 0 Å². The molecule has 0 amide bonds. The average molecular weight is 643 g/mol. The normalized spacial score (nSPS) is 16.0. The number of hydrogen-bond donors (Lipinski definition) is 1. The molecule has 11 heteroatoms. The molecule has 1 N–H and O–H groups in total. The summed E-state index contributed by atoms with van der Waals surface area (Å²) in [5.41, 5.74) is 6.80. The van der Waals surface area contributed by atoms with Crippen molar-refractivity contribution >= 4 is 38.4 Å². The summed E-state index contributed by atoms with van der Waals surface area (Å²) < 4.78 is 14.9. The van der Waals surface area contributed by atoms with E-state index in [0.29, 0.717) is 19.7 Å². The predicted molar refractivity (Wildman–Crippen MR) is 182 cm³/mol. The average Bonchev–Trinajstić information content (AvgIpc) is 3.63. The summed E-state index contributed by atoms with van der Waals surface area (Å²) >= 11 is 1.72. The second-order valence-corrected chi connectivity index (χ2v) is 13.2. The van der Waals surface area contributed by atoms with E-state index >= 15 is 0 Å². The number of fused-ring (bicyclic) bond motifs is 3. The van der Waals surface area contributed by atoms with Crippen molar-refractivity contribution in [3.8, 4) is 5.75 Å². The van der Waals surface area contributed by atoms with Gasteiger partial charge in [0.05, 0.1) is 30.8 Å². The van der Waals surface area contributed by atoms with E-state index in [0.717, 1.165) is 70.6 Å². The summed E-state index contributed by atoms with van der Waals surface area (Å²) in [5.74, 6) is 0.277. The number of likely N-dealkylation sites (N-methyl/N-ethyl adjacent to an activating group) is 1. The number of ether oxygens (including phenoxy) is 2. The van der Waals surface area contributed by atoms with Gasteiger partial charge in [0.1, 0.15) is 17.4 Å². The van der Waals surface area contributed by atoms with E-state index in [1.807, 2.05) is 25.7 Å². The Kier molecular flexibility index (Phi) is 9.53. The molecule has 0 radical (unpaired) electrons. The molecule has 4 heterocycles. The van der Waals surface area contributed by atoms with Crippen LogP contribution in [0.5, 0.6) is 5.75 Å². The third-order valence-corrected chi connectivity index (χ3v) is 9.80. The number of hydrogen-bond acceptors (Lipinski definition) is 9. The van der Waals surface area contributed by atoms with Crippen molar-refractivity contribution < 1.29 is 14.3 Å². The lowest BCUT2D eigenvalue weighted by atomic mass is 9.84. The van der Waals surface area contributed by atoms with Crippen LogP contribution in [0, 0.1) is 6.92 Å². The molecule has 3 aromatic heterocycles. The zero-order valence-corrected chi connectivity index (χ0v) is 28.0. The van der Waals surface area contributed by atoms with Crippen LogP contribution in [0.25, 0.3) is 21.1 Å². The van der Waals surface area contributed by atoms with E-state index in [2.05, 4.69) is 74.7 Å². The SMILES string of the molecule is CCOC(=O)C[C@H](c1cc(CN2Cc3[nH]c(=O)ccc3O[C@H](CC)C2)c2sccc2c1)c1ccc2c(nnn2CCN(C)C)c1C. The molecule has 0 fully saturated rings. The maximum Gasteiger partial charge on any atom is 0.306 e. The molecular formula is C35H42N6O4S. The van der Waals surface area contributed by atoms with Gasteiger partial charge in [-0.1, -0.05) is 24.3 Å². The first-order valence-corrected chi connectivity index (χ1v) is 16.9. The number of aromatic amines is 1. The molecule has 0 aliphatic carbocycles. The van der Waals surface area contributed by atoms with Crippen molar-refractivity contribution in [2.45, 2.75) is 65.3 Å². The number of rotatable bonds is 11. The van der Waals surface area contributed by atoms with Gasteiger partial charge in [-0.15, -0.1) is 16.4 Å². The van der Waals surface area contributed by atoms with Gasteiger partial charge in [0.25, 0.3) is 0 Å². The molecule has 2 atom stereocenters. The minimum absolute atomic E-state index is 0.00578. The molecule has 0 saturated carbocycles. The first-order chi connectivity index (χ1) is 22.2. The van der Waals surface area contributed by atoms with Gasteiger partial charge in [-0.2, -0.15) is 0 Å². The van der Waals surface area contributed by atoms with E-state index in [9.17, 15) is 9.59 Å². The Morgan fingerprint density at radius 1 is 1.20 bits per heavy atom. The Morgan fingerprint density at radius 2 is 2.04 bits per heavy atom. The largest absolute Gasteiger partial charge is 0.487 e. The topological polar surface area (TPSA) is 106 Å². The number of carbonyl (C=O) groups excluding carboxylic acids is 1. The molecule has 2 aromatic carbocycles. The second-order valence-electron chi connectivity index (χ2n) is 12.3. The van der Waals surface area contributed by atoms with E-state index in [-0.39, 0.29) is 30.0 Å². The van der Waals surface area contributed by atoms with E-state index in [1.165, 1.54) is 16.3 Å². The highest BCUT2D eigenvalue weighted by molar-refractivity contribution is 7.17. The monoisotopic (exact) mass is 642 g/mol. The summed E-state index contributed by atoms with van der Waals surface area (Å²) in [5, 5.41) is 12.3. The number of esters is 1. The van der Waals surface area contributed by atoms with Crippen molar-refractivity contribution in [3.05, 3.63) is 86.1 Å². The van der Waals surface area contributed by atoms with Crippen LogP contribution in [0.15, 0.2) is 52.6 Å². The van der Waals surface area contributed by atoms with Crippen LogP contribution < -0.4 is 10.3 Å². The van der Waals surface area contributed by atoms with E-state index < -0.39 is 0 Å². The van der Waals surface area contributed by atoms with E-state index in [4.69, 9.17) is 9.47 Å². The third-order valence-electron chi connectivity index (χ3n) is 8.79. The van der Waals surface area contributed by atoms with Crippen molar-refractivity contribution in [1.82, 2.24) is 29.8 Å². The zero-order valence-electron chi connectivity index (χ0n) is 27.2. The van der Waals surface area contributed by atoms with Gasteiger partial charge in [-0.25, -0.2) is 4.68 Å². The number of carbonyl (C=O) groups is 1. The maximum absolute atomic E-state index is 13.1. The number of benzene rings is 2. The van der Waals surface area contributed by atoms with Crippen LogP contribution in [0.2, 0.25) is 0 Å². The van der Waals surface area contributed by atoms with E-state index in [1.54, 1.807) is 17.4 Å². The van der Waals surface area contributed by atoms with Gasteiger partial charge in [-0.05, 0) is 91.6 Å². The standard InChI is InChI=1S/C35H42N6O4S/c1-6-26-20-40(21-29-31(45-26)10-11-32(42)36-29)19-25-17-24(16-23-12-15-46-35(23)25)28(18-33(43)44-7-2)27-8-9-30-34(22(27)3)37-38-41(30)14-13-39(4)5/h8-12,15-17,26,28H,6-7,13-14,18-21H2,1-5H3,(H,36,42)/t26-,28-/m1/s1. The van der Waals surface area contributed by atoms with Crippen LogP contribution in [0.1, 0.15) is 60.6 Å². The van der Waals surface area contributed by atoms with Gasteiger partial charge in [0, 0.05) is 42.9 Å². The quantitative estimate of drug-likeness (QED) is 0.189. The highest BCUT2D eigenvalue weighted by atomic mass is 32.1. The lowest BCUT2D eigenvalue weighted by molar-refractivity contribution is -0.143. The summed E-state index contributed by atoms with van der Waals surface area (Å²) in [4.78, 5) is 32.7. The van der Waals surface area contributed by atoms with Crippen LogP contribution in [0.4, 0.5) is 0 Å². The molecule has 0 spiro atoms. The Bertz CT molecular complexity index is 1910. The zero-order chi connectivity index (χ0) is 32.4. The third kappa shape index (κ3) is 6.72. The molecule has 0 bridgehead atoms. The first-order valence-electron chi connectivity index (χ1n) is 16.0. The maximum atomic E-state index is 13.1. The summed E-state index contributed by atoms with van der Waals surface area (Å²) in [7, 11) is 4.09. The number of aryl methyl sites for hydroxylation is 1. The molecule has 5 aromatic rings. The molecule has 242 valence electrons. The van der Waals surface area contributed by atoms with Gasteiger partial charge in [-0.3, -0.25) is 14.5 Å². The van der Waals surface area contributed by atoms with Gasteiger partial charge in [0.2, 0.25) is 5.56 Å². The first kappa shape index (κ1) is 31.9. The summed E-state index contributed by atoms with van der Waals surface area (Å²) in [6, 6.07) is 14.1. The minimum atomic E-state index is -0.232. The smallest absolute Gasteiger partial charge is 0.306 e. The van der Waals surface area contributed by atoms with Crippen LogP contribution in [-0.4, -0.2) is 75.6 Å². The predicted octanol–water partition coefficient (Wildman–Crippen LogP) is 5.46. The lowest BCUT2D eigenvalue weighted by Crippen LogP contribution is -2.32. The highest BCUT2D eigenvalue weighted by Gasteiger charge is 2.27.